The van der Waals surface area contributed by atoms with E-state index in [4.69, 9.17) is 9.84 Å². The second-order valence-electron chi connectivity index (χ2n) is 5.91. The molecular weight excluding hydrogens is 342 g/mol. The Bertz CT molecular complexity index is 869. The van der Waals surface area contributed by atoms with Crippen LogP contribution in [0.1, 0.15) is 12.0 Å². The molecule has 1 saturated heterocycles. The van der Waals surface area contributed by atoms with Crippen molar-refractivity contribution in [1.29, 1.82) is 0 Å². The molecule has 0 amide bonds. The van der Waals surface area contributed by atoms with Gasteiger partial charge in [0.2, 0.25) is 10.0 Å². The molecule has 1 aromatic rings. The molecule has 2 atom stereocenters. The first-order valence-corrected chi connectivity index (χ1v) is 9.33. The van der Waals surface area contributed by atoms with E-state index in [0.29, 0.717) is 12.1 Å². The van der Waals surface area contributed by atoms with E-state index in [9.17, 15) is 13.2 Å². The van der Waals surface area contributed by atoms with Crippen LogP contribution in [-0.2, 0) is 14.8 Å². The average Bonchev–Trinajstić information content (AvgIpc) is 3.04. The summed E-state index contributed by atoms with van der Waals surface area (Å²) < 4.78 is 33.1. The molecule has 1 aliphatic carbocycles. The maximum Gasteiger partial charge on any atom is 0.328 e. The predicted octanol–water partition coefficient (Wildman–Crippen LogP) is 2.30. The molecule has 1 N–H and O–H groups in total. The molecule has 1 heterocycles. The fourth-order valence-electron chi connectivity index (χ4n) is 3.22. The number of fused-ring (bicyclic) bond motifs is 1. The fraction of sp³-hybridized carbons (Fsp3) is 0.278. The average molecular weight is 361 g/mol. The van der Waals surface area contributed by atoms with Crippen molar-refractivity contribution in [3.63, 3.8) is 0 Å². The van der Waals surface area contributed by atoms with Gasteiger partial charge in [0.15, 0.2) is 0 Å². The van der Waals surface area contributed by atoms with Crippen LogP contribution >= 0.6 is 0 Å². The van der Waals surface area contributed by atoms with Crippen LogP contribution in [0.5, 0.6) is 5.75 Å². The lowest BCUT2D eigenvalue weighted by atomic mass is 9.97. The van der Waals surface area contributed by atoms with Crippen molar-refractivity contribution < 1.29 is 23.1 Å². The summed E-state index contributed by atoms with van der Waals surface area (Å²) in [5.74, 6) is -0.672. The van der Waals surface area contributed by atoms with Crippen LogP contribution in [0.4, 0.5) is 0 Å². The second-order valence-corrected chi connectivity index (χ2v) is 7.77. The SMILES string of the molecule is COc1ccc(/C=C/C(=O)O)cc1S(=O)(=O)N1CC[C@@H]2C=CC=C[C@@H]21. The summed E-state index contributed by atoms with van der Waals surface area (Å²) in [6.45, 7) is 0.435. The molecular formula is C18H19NO5S. The van der Waals surface area contributed by atoms with E-state index >= 15 is 0 Å². The number of methoxy groups -OCH3 is 1. The maximum absolute atomic E-state index is 13.2. The Hall–Kier alpha value is -2.38. The number of carbonyl (C=O) groups is 1. The minimum absolute atomic E-state index is 0.0474. The van der Waals surface area contributed by atoms with Crippen molar-refractivity contribution in [3.8, 4) is 5.75 Å². The first-order valence-electron chi connectivity index (χ1n) is 7.89. The number of allylic oxidation sites excluding steroid dienone is 2. The fourth-order valence-corrected chi connectivity index (χ4v) is 5.05. The number of aliphatic carboxylic acids is 1. The van der Waals surface area contributed by atoms with Gasteiger partial charge in [0.25, 0.3) is 0 Å². The van der Waals surface area contributed by atoms with Crippen LogP contribution < -0.4 is 4.74 Å². The Morgan fingerprint density at radius 3 is 2.80 bits per heavy atom. The van der Waals surface area contributed by atoms with E-state index in [1.807, 2.05) is 24.3 Å². The predicted molar refractivity (Wildman–Crippen MR) is 93.7 cm³/mol. The van der Waals surface area contributed by atoms with Gasteiger partial charge < -0.3 is 9.84 Å². The normalized spacial score (nSPS) is 23.1. The number of sulfonamides is 1. The highest BCUT2D eigenvalue weighted by Crippen LogP contribution is 2.36. The van der Waals surface area contributed by atoms with Gasteiger partial charge in [-0.05, 0) is 36.1 Å². The number of carboxylic acid groups (broad SMARTS) is 1. The van der Waals surface area contributed by atoms with E-state index < -0.39 is 16.0 Å². The standard InChI is InChI=1S/C18H19NO5S/c1-24-16-8-6-13(7-9-18(20)21)12-17(16)25(22,23)19-11-10-14-4-2-3-5-15(14)19/h2-9,12,14-15H,10-11H2,1H3,(H,20,21)/b9-7+/t14-,15-/m0/s1. The van der Waals surface area contributed by atoms with Gasteiger partial charge >= 0.3 is 5.97 Å². The highest BCUT2D eigenvalue weighted by atomic mass is 32.2. The van der Waals surface area contributed by atoms with Gasteiger partial charge in [-0.2, -0.15) is 4.31 Å². The first kappa shape index (κ1) is 17.4. The van der Waals surface area contributed by atoms with E-state index in [1.165, 1.54) is 23.6 Å². The summed E-state index contributed by atoms with van der Waals surface area (Å²) in [6, 6.07) is 4.41. The molecule has 7 heteroatoms. The van der Waals surface area contributed by atoms with Gasteiger partial charge in [-0.3, -0.25) is 0 Å². The molecule has 0 saturated carbocycles. The second kappa shape index (κ2) is 6.85. The lowest BCUT2D eigenvalue weighted by Gasteiger charge is -2.26. The Labute approximate surface area is 146 Å². The number of benzene rings is 1. The molecule has 0 radical (unpaired) electrons. The number of rotatable bonds is 5. The number of hydrogen-bond donors (Lipinski definition) is 1. The zero-order chi connectivity index (χ0) is 18.0. The quantitative estimate of drug-likeness (QED) is 0.814. The molecule has 1 aliphatic heterocycles. The largest absolute Gasteiger partial charge is 0.495 e. The van der Waals surface area contributed by atoms with Crippen LogP contribution in [0.3, 0.4) is 0 Å². The number of carboxylic acids is 1. The molecule has 6 nitrogen and oxygen atoms in total. The summed E-state index contributed by atoms with van der Waals surface area (Å²) in [6.07, 6.45) is 10.8. The highest BCUT2D eigenvalue weighted by Gasteiger charge is 2.40. The Balaban J connectivity index is 2.01. The van der Waals surface area contributed by atoms with E-state index in [0.717, 1.165) is 12.5 Å². The summed E-state index contributed by atoms with van der Waals surface area (Å²) in [4.78, 5) is 10.7. The first-order chi connectivity index (χ1) is 11.9. The maximum atomic E-state index is 13.2. The third-order valence-corrected chi connectivity index (χ3v) is 6.34. The number of hydrogen-bond acceptors (Lipinski definition) is 4. The third-order valence-electron chi connectivity index (χ3n) is 4.42. The topological polar surface area (TPSA) is 83.9 Å². The zero-order valence-electron chi connectivity index (χ0n) is 13.7. The molecule has 0 spiro atoms. The molecule has 0 aromatic heterocycles. The minimum Gasteiger partial charge on any atom is -0.495 e. The molecule has 0 unspecified atom stereocenters. The Morgan fingerprint density at radius 2 is 2.08 bits per heavy atom. The lowest BCUT2D eigenvalue weighted by Crippen LogP contribution is -2.37. The van der Waals surface area contributed by atoms with Gasteiger partial charge in [-0.15, -0.1) is 0 Å². The summed E-state index contributed by atoms with van der Waals surface area (Å²) in [5.41, 5.74) is 0.483. The number of ether oxygens (including phenoxy) is 1. The van der Waals surface area contributed by atoms with Crippen molar-refractivity contribution >= 4 is 22.1 Å². The molecule has 3 rings (SSSR count). The Kier molecular flexibility index (Phi) is 4.78. The monoisotopic (exact) mass is 361 g/mol. The van der Waals surface area contributed by atoms with Crippen molar-refractivity contribution in [1.82, 2.24) is 4.31 Å². The minimum atomic E-state index is -3.77. The van der Waals surface area contributed by atoms with Gasteiger partial charge in [-0.1, -0.05) is 30.4 Å². The summed E-state index contributed by atoms with van der Waals surface area (Å²) in [5, 5.41) is 8.75. The van der Waals surface area contributed by atoms with Gasteiger partial charge in [-0.25, -0.2) is 13.2 Å². The van der Waals surface area contributed by atoms with E-state index in [1.54, 1.807) is 12.1 Å². The van der Waals surface area contributed by atoms with Gasteiger partial charge in [0.1, 0.15) is 10.6 Å². The van der Waals surface area contributed by atoms with E-state index in [2.05, 4.69) is 0 Å². The third kappa shape index (κ3) is 3.38. The van der Waals surface area contributed by atoms with Gasteiger partial charge in [0.05, 0.1) is 7.11 Å². The molecule has 132 valence electrons. The Morgan fingerprint density at radius 1 is 1.32 bits per heavy atom. The molecule has 1 fully saturated rings. The molecule has 1 aromatic carbocycles. The zero-order valence-corrected chi connectivity index (χ0v) is 14.5. The summed E-state index contributed by atoms with van der Waals surface area (Å²) in [7, 11) is -2.36. The smallest absolute Gasteiger partial charge is 0.328 e. The van der Waals surface area contributed by atoms with Crippen LogP contribution in [0.15, 0.2) is 53.5 Å². The van der Waals surface area contributed by atoms with E-state index in [-0.39, 0.29) is 22.6 Å². The highest BCUT2D eigenvalue weighted by molar-refractivity contribution is 7.89. The van der Waals surface area contributed by atoms with Crippen molar-refractivity contribution in [2.24, 2.45) is 5.92 Å². The van der Waals surface area contributed by atoms with Crippen LogP contribution in [0, 0.1) is 5.92 Å². The van der Waals surface area contributed by atoms with Crippen LogP contribution in [0.25, 0.3) is 6.08 Å². The van der Waals surface area contributed by atoms with Crippen LogP contribution in [-0.4, -0.2) is 43.5 Å². The van der Waals surface area contributed by atoms with Gasteiger partial charge in [0, 0.05) is 18.7 Å². The molecule has 2 aliphatic rings. The molecule has 25 heavy (non-hydrogen) atoms. The van der Waals surface area contributed by atoms with Crippen molar-refractivity contribution in [2.75, 3.05) is 13.7 Å². The summed E-state index contributed by atoms with van der Waals surface area (Å²) >= 11 is 0. The number of nitrogens with zero attached hydrogens (tertiary/aromatic N) is 1. The van der Waals surface area contributed by atoms with Crippen LogP contribution in [0.2, 0.25) is 0 Å². The van der Waals surface area contributed by atoms with Crippen molar-refractivity contribution in [3.05, 3.63) is 54.1 Å². The van der Waals surface area contributed by atoms with Crippen molar-refractivity contribution in [2.45, 2.75) is 17.4 Å². The lowest BCUT2D eigenvalue weighted by molar-refractivity contribution is -0.131. The molecule has 0 bridgehead atoms.